The average molecular weight is 197 g/mol. The molecule has 1 N–H and O–H groups in total. The number of hydrogen-bond acceptors (Lipinski definition) is 2. The second-order valence-electron chi connectivity index (χ2n) is 2.61. The first kappa shape index (κ1) is 8.38. The van der Waals surface area contributed by atoms with Gasteiger partial charge in [-0.1, -0.05) is 11.6 Å². The molecule has 0 aliphatic rings. The summed E-state index contributed by atoms with van der Waals surface area (Å²) in [7, 11) is 0. The number of hydrogen-bond donors (Lipinski definition) is 1. The molecule has 68 valence electrons. The fourth-order valence-electron chi connectivity index (χ4n) is 1.21. The molecule has 0 fully saturated rings. The molecule has 13 heavy (non-hydrogen) atoms. The van der Waals surface area contributed by atoms with Crippen LogP contribution < -0.4 is 4.74 Å². The molecule has 0 aliphatic heterocycles. The molecule has 0 bridgehead atoms. The Labute approximate surface area is 80.7 Å². The number of rotatable bonds is 2. The third-order valence-electron chi connectivity index (χ3n) is 1.79. The Balaban J connectivity index is 2.59. The minimum atomic E-state index is 0.595. The standard InChI is InChI=1S/C9H9ClN2O/c1-2-13-7-5-12-9-6(8(7)10)3-4-11-9/h3-5H,2H2,1H3,(H,11,12). The van der Waals surface area contributed by atoms with Gasteiger partial charge >= 0.3 is 0 Å². The lowest BCUT2D eigenvalue weighted by Gasteiger charge is -2.04. The Bertz CT molecular complexity index is 424. The van der Waals surface area contributed by atoms with E-state index in [-0.39, 0.29) is 0 Å². The maximum atomic E-state index is 6.08. The first-order valence-corrected chi connectivity index (χ1v) is 4.45. The first-order valence-electron chi connectivity index (χ1n) is 4.07. The van der Waals surface area contributed by atoms with Crippen molar-refractivity contribution in [3.05, 3.63) is 23.5 Å². The zero-order valence-corrected chi connectivity index (χ0v) is 7.93. The Morgan fingerprint density at radius 2 is 2.46 bits per heavy atom. The van der Waals surface area contributed by atoms with E-state index in [1.54, 1.807) is 12.4 Å². The Morgan fingerprint density at radius 1 is 1.62 bits per heavy atom. The third kappa shape index (κ3) is 1.35. The van der Waals surface area contributed by atoms with E-state index in [0.29, 0.717) is 17.4 Å². The van der Waals surface area contributed by atoms with Crippen LogP contribution in [0.3, 0.4) is 0 Å². The smallest absolute Gasteiger partial charge is 0.156 e. The number of fused-ring (bicyclic) bond motifs is 1. The largest absolute Gasteiger partial charge is 0.491 e. The van der Waals surface area contributed by atoms with E-state index >= 15 is 0 Å². The van der Waals surface area contributed by atoms with E-state index < -0.39 is 0 Å². The van der Waals surface area contributed by atoms with Gasteiger partial charge in [0.05, 0.1) is 17.8 Å². The molecule has 0 aromatic carbocycles. The van der Waals surface area contributed by atoms with Gasteiger partial charge in [0.1, 0.15) is 5.65 Å². The van der Waals surface area contributed by atoms with E-state index in [1.807, 2.05) is 13.0 Å². The highest BCUT2D eigenvalue weighted by molar-refractivity contribution is 6.36. The summed E-state index contributed by atoms with van der Waals surface area (Å²) in [5.41, 5.74) is 0.786. The Kier molecular flexibility index (Phi) is 2.10. The van der Waals surface area contributed by atoms with Crippen LogP contribution in [0.1, 0.15) is 6.92 Å². The van der Waals surface area contributed by atoms with Crippen LogP contribution in [0.2, 0.25) is 5.02 Å². The quantitative estimate of drug-likeness (QED) is 0.802. The third-order valence-corrected chi connectivity index (χ3v) is 2.18. The van der Waals surface area contributed by atoms with E-state index in [0.717, 1.165) is 11.0 Å². The molecular weight excluding hydrogens is 188 g/mol. The monoisotopic (exact) mass is 196 g/mol. The topological polar surface area (TPSA) is 37.9 Å². The normalized spacial score (nSPS) is 10.6. The van der Waals surface area contributed by atoms with Gasteiger partial charge in [0.2, 0.25) is 0 Å². The molecule has 0 unspecified atom stereocenters. The maximum absolute atomic E-state index is 6.08. The SMILES string of the molecule is CCOc1cnc2[nH]ccc2c1Cl. The van der Waals surface area contributed by atoms with Crippen molar-refractivity contribution in [1.29, 1.82) is 0 Å². The van der Waals surface area contributed by atoms with Crippen molar-refractivity contribution in [2.75, 3.05) is 6.61 Å². The molecule has 0 aliphatic carbocycles. The fourth-order valence-corrected chi connectivity index (χ4v) is 1.47. The van der Waals surface area contributed by atoms with Crippen LogP contribution in [-0.2, 0) is 0 Å². The zero-order chi connectivity index (χ0) is 9.26. The number of aromatic nitrogens is 2. The number of nitrogens with zero attached hydrogens (tertiary/aromatic N) is 1. The minimum Gasteiger partial charge on any atom is -0.491 e. The molecule has 3 nitrogen and oxygen atoms in total. The van der Waals surface area contributed by atoms with Gasteiger partial charge in [-0.15, -0.1) is 0 Å². The highest BCUT2D eigenvalue weighted by Crippen LogP contribution is 2.30. The summed E-state index contributed by atoms with van der Waals surface area (Å²) in [6.07, 6.45) is 3.43. The van der Waals surface area contributed by atoms with E-state index in [4.69, 9.17) is 16.3 Å². The van der Waals surface area contributed by atoms with Gasteiger partial charge in [-0.3, -0.25) is 0 Å². The summed E-state index contributed by atoms with van der Waals surface area (Å²) in [4.78, 5) is 7.13. The number of ether oxygens (including phenoxy) is 1. The number of pyridine rings is 1. The van der Waals surface area contributed by atoms with Gasteiger partial charge in [-0.25, -0.2) is 4.98 Å². The number of aromatic amines is 1. The second kappa shape index (κ2) is 3.26. The summed E-state index contributed by atoms with van der Waals surface area (Å²) in [6, 6.07) is 1.88. The lowest BCUT2D eigenvalue weighted by molar-refractivity contribution is 0.339. The molecule has 0 radical (unpaired) electrons. The summed E-state index contributed by atoms with van der Waals surface area (Å²) in [6.45, 7) is 2.51. The molecule has 2 rings (SSSR count). The van der Waals surface area contributed by atoms with Crippen LogP contribution in [0, 0.1) is 0 Å². The van der Waals surface area contributed by atoms with Crippen molar-refractivity contribution in [2.24, 2.45) is 0 Å². The van der Waals surface area contributed by atoms with Gasteiger partial charge in [0.15, 0.2) is 5.75 Å². The van der Waals surface area contributed by atoms with Crippen LogP contribution in [-0.4, -0.2) is 16.6 Å². The van der Waals surface area contributed by atoms with E-state index in [9.17, 15) is 0 Å². The van der Waals surface area contributed by atoms with Crippen molar-refractivity contribution in [3.8, 4) is 5.75 Å². The maximum Gasteiger partial charge on any atom is 0.156 e. The molecular formula is C9H9ClN2O. The molecule has 0 saturated heterocycles. The number of nitrogens with one attached hydrogen (secondary N) is 1. The van der Waals surface area contributed by atoms with E-state index in [2.05, 4.69) is 9.97 Å². The zero-order valence-electron chi connectivity index (χ0n) is 7.17. The summed E-state index contributed by atoms with van der Waals surface area (Å²) in [5.74, 6) is 0.635. The average Bonchev–Trinajstić information content (AvgIpc) is 2.58. The van der Waals surface area contributed by atoms with Crippen molar-refractivity contribution >= 4 is 22.6 Å². The van der Waals surface area contributed by atoms with Crippen molar-refractivity contribution in [1.82, 2.24) is 9.97 Å². The van der Waals surface area contributed by atoms with E-state index in [1.165, 1.54) is 0 Å². The molecule has 4 heteroatoms. The first-order chi connectivity index (χ1) is 6.33. The molecule has 2 aromatic heterocycles. The second-order valence-corrected chi connectivity index (χ2v) is 2.99. The number of H-pyrrole nitrogens is 1. The Hall–Kier alpha value is -1.22. The van der Waals surface area contributed by atoms with Crippen LogP contribution >= 0.6 is 11.6 Å². The van der Waals surface area contributed by atoms with Crippen LogP contribution in [0.25, 0.3) is 11.0 Å². The van der Waals surface area contributed by atoms with Gasteiger partial charge in [0.25, 0.3) is 0 Å². The van der Waals surface area contributed by atoms with Crippen molar-refractivity contribution in [2.45, 2.75) is 6.92 Å². The highest BCUT2D eigenvalue weighted by Gasteiger charge is 2.07. The summed E-state index contributed by atoms with van der Waals surface area (Å²) < 4.78 is 5.31. The van der Waals surface area contributed by atoms with Crippen LogP contribution in [0.15, 0.2) is 18.5 Å². The molecule has 0 saturated carbocycles. The van der Waals surface area contributed by atoms with Crippen molar-refractivity contribution < 1.29 is 4.74 Å². The van der Waals surface area contributed by atoms with Crippen molar-refractivity contribution in [3.63, 3.8) is 0 Å². The predicted molar refractivity (Wildman–Crippen MR) is 52.3 cm³/mol. The Morgan fingerprint density at radius 3 is 3.23 bits per heavy atom. The van der Waals surface area contributed by atoms with Crippen LogP contribution in [0.4, 0.5) is 0 Å². The molecule has 0 amide bonds. The lowest BCUT2D eigenvalue weighted by Crippen LogP contribution is -1.93. The minimum absolute atomic E-state index is 0.595. The van der Waals surface area contributed by atoms with Gasteiger partial charge in [-0.2, -0.15) is 0 Å². The highest BCUT2D eigenvalue weighted by atomic mass is 35.5. The summed E-state index contributed by atoms with van der Waals surface area (Å²) >= 11 is 6.08. The number of halogens is 1. The molecule has 0 spiro atoms. The molecule has 2 aromatic rings. The van der Waals surface area contributed by atoms with Gasteiger partial charge in [-0.05, 0) is 13.0 Å². The van der Waals surface area contributed by atoms with Gasteiger partial charge < -0.3 is 9.72 Å². The fraction of sp³-hybridized carbons (Fsp3) is 0.222. The molecule has 0 atom stereocenters. The van der Waals surface area contributed by atoms with Gasteiger partial charge in [0, 0.05) is 11.6 Å². The van der Waals surface area contributed by atoms with Crippen LogP contribution in [0.5, 0.6) is 5.75 Å². The summed E-state index contributed by atoms with van der Waals surface area (Å²) in [5, 5.41) is 1.51. The molecule has 2 heterocycles. The lowest BCUT2D eigenvalue weighted by atomic mass is 10.3. The predicted octanol–water partition coefficient (Wildman–Crippen LogP) is 2.62.